The SMILES string of the molecule is O=C(Nc1cc(NC(=O)c2ccc(-c3ccccn3)cc2)cc(NC(=O)c2ccc(-c3ccccn3)cc2)c1)c1ccc(-c2ccccn2)cc1. The largest absolute Gasteiger partial charge is 0.322 e. The summed E-state index contributed by atoms with van der Waals surface area (Å²) in [5.41, 5.74) is 7.42. The number of rotatable bonds is 9. The Kier molecular flexibility index (Phi) is 9.42. The zero-order chi connectivity index (χ0) is 35.0. The lowest BCUT2D eigenvalue weighted by atomic mass is 10.1. The molecule has 0 aliphatic rings. The van der Waals surface area contributed by atoms with E-state index in [4.69, 9.17) is 0 Å². The van der Waals surface area contributed by atoms with Gasteiger partial charge in [0.25, 0.3) is 17.7 Å². The highest BCUT2D eigenvalue weighted by molar-refractivity contribution is 6.09. The molecule has 3 aromatic heterocycles. The van der Waals surface area contributed by atoms with E-state index in [2.05, 4.69) is 30.9 Å². The lowest BCUT2D eigenvalue weighted by molar-refractivity contribution is 0.101. The normalized spacial score (nSPS) is 10.6. The summed E-state index contributed by atoms with van der Waals surface area (Å²) in [5, 5.41) is 8.71. The summed E-state index contributed by atoms with van der Waals surface area (Å²) in [7, 11) is 0. The Morgan fingerprint density at radius 1 is 0.353 bits per heavy atom. The molecule has 9 nitrogen and oxygen atoms in total. The third-order valence-electron chi connectivity index (χ3n) is 8.03. The maximum absolute atomic E-state index is 13.4. The Labute approximate surface area is 294 Å². The molecule has 0 saturated heterocycles. The lowest BCUT2D eigenvalue weighted by Gasteiger charge is -2.14. The zero-order valence-corrected chi connectivity index (χ0v) is 27.2. The second-order valence-corrected chi connectivity index (χ2v) is 11.5. The average molecular weight is 667 g/mol. The Morgan fingerprint density at radius 3 is 0.863 bits per heavy atom. The Morgan fingerprint density at radius 2 is 0.627 bits per heavy atom. The zero-order valence-electron chi connectivity index (χ0n) is 27.2. The molecule has 0 radical (unpaired) electrons. The number of carbonyl (C=O) groups is 3. The first-order valence-corrected chi connectivity index (χ1v) is 16.1. The molecule has 51 heavy (non-hydrogen) atoms. The van der Waals surface area contributed by atoms with Crippen LogP contribution in [0.5, 0.6) is 0 Å². The van der Waals surface area contributed by atoms with E-state index < -0.39 is 0 Å². The van der Waals surface area contributed by atoms with Crippen LogP contribution in [-0.4, -0.2) is 32.7 Å². The van der Waals surface area contributed by atoms with Crippen LogP contribution in [0.4, 0.5) is 17.1 Å². The third kappa shape index (κ3) is 7.90. The molecule has 0 saturated carbocycles. The van der Waals surface area contributed by atoms with Crippen LogP contribution in [0, 0.1) is 0 Å². The number of hydrogen-bond acceptors (Lipinski definition) is 6. The summed E-state index contributed by atoms with van der Waals surface area (Å²) in [6.45, 7) is 0. The van der Waals surface area contributed by atoms with Gasteiger partial charge in [0.1, 0.15) is 0 Å². The molecule has 3 amide bonds. The van der Waals surface area contributed by atoms with Gasteiger partial charge in [0.15, 0.2) is 0 Å². The van der Waals surface area contributed by atoms with Crippen LogP contribution in [0.2, 0.25) is 0 Å². The number of nitrogens with zero attached hydrogens (tertiary/aromatic N) is 3. The molecule has 7 rings (SSSR count). The summed E-state index contributed by atoms with van der Waals surface area (Å²) in [6.07, 6.45) is 5.14. The molecule has 0 spiro atoms. The molecular weight excluding hydrogens is 637 g/mol. The number of nitrogens with one attached hydrogen (secondary N) is 3. The van der Waals surface area contributed by atoms with Gasteiger partial charge in [0.05, 0.1) is 17.1 Å². The van der Waals surface area contributed by atoms with E-state index in [-0.39, 0.29) is 17.7 Å². The van der Waals surface area contributed by atoms with Crippen LogP contribution >= 0.6 is 0 Å². The van der Waals surface area contributed by atoms with Crippen molar-refractivity contribution >= 4 is 34.8 Å². The first-order valence-electron chi connectivity index (χ1n) is 16.1. The first-order chi connectivity index (χ1) is 25.0. The van der Waals surface area contributed by atoms with Gasteiger partial charge in [0.2, 0.25) is 0 Å². The lowest BCUT2D eigenvalue weighted by Crippen LogP contribution is -2.16. The van der Waals surface area contributed by atoms with Crippen LogP contribution in [0.25, 0.3) is 33.8 Å². The number of aromatic nitrogens is 3. The maximum Gasteiger partial charge on any atom is 0.255 e. The molecule has 0 atom stereocenters. The monoisotopic (exact) mass is 666 g/mol. The highest BCUT2D eigenvalue weighted by Gasteiger charge is 2.14. The average Bonchev–Trinajstić information content (AvgIpc) is 3.19. The van der Waals surface area contributed by atoms with Crippen LogP contribution in [0.15, 0.2) is 164 Å². The predicted molar refractivity (Wildman–Crippen MR) is 199 cm³/mol. The van der Waals surface area contributed by atoms with Gasteiger partial charge >= 0.3 is 0 Å². The van der Waals surface area contributed by atoms with Crippen molar-refractivity contribution in [2.75, 3.05) is 16.0 Å². The van der Waals surface area contributed by atoms with Gasteiger partial charge in [-0.3, -0.25) is 29.3 Å². The molecule has 0 aliphatic heterocycles. The van der Waals surface area contributed by atoms with Gasteiger partial charge in [0, 0.05) is 69.0 Å². The molecule has 0 unspecified atom stereocenters. The Hall–Kier alpha value is -7.26. The molecule has 3 heterocycles. The van der Waals surface area contributed by atoms with E-state index in [1.807, 2.05) is 91.0 Å². The van der Waals surface area contributed by atoms with E-state index in [9.17, 15) is 14.4 Å². The molecule has 0 aliphatic carbocycles. The number of benzene rings is 4. The molecule has 0 bridgehead atoms. The van der Waals surface area contributed by atoms with Crippen LogP contribution in [0.1, 0.15) is 31.1 Å². The van der Waals surface area contributed by atoms with Crippen molar-refractivity contribution in [3.8, 4) is 33.8 Å². The van der Waals surface area contributed by atoms with Gasteiger partial charge in [-0.25, -0.2) is 0 Å². The van der Waals surface area contributed by atoms with Crippen LogP contribution < -0.4 is 16.0 Å². The number of amides is 3. The van der Waals surface area contributed by atoms with Crippen molar-refractivity contribution in [3.63, 3.8) is 0 Å². The predicted octanol–water partition coefficient (Wildman–Crippen LogP) is 8.63. The van der Waals surface area contributed by atoms with Crippen molar-refractivity contribution in [3.05, 3.63) is 181 Å². The molecule has 0 fully saturated rings. The van der Waals surface area contributed by atoms with Crippen molar-refractivity contribution in [1.29, 1.82) is 0 Å². The topological polar surface area (TPSA) is 126 Å². The van der Waals surface area contributed by atoms with Gasteiger partial charge in [-0.1, -0.05) is 54.6 Å². The minimum atomic E-state index is -0.362. The van der Waals surface area contributed by atoms with Crippen LogP contribution in [0.3, 0.4) is 0 Å². The standard InChI is InChI=1S/C42H30N6O3/c49-40(31-16-10-28(11-17-31)37-7-1-4-22-43-37)46-34-25-35(47-41(50)32-18-12-29(13-19-32)38-8-2-5-23-44-38)27-36(26-34)48-42(51)33-20-14-30(15-21-33)39-9-3-6-24-45-39/h1-27H,(H,46,49)(H,47,50)(H,48,51). The molecular formula is C42H30N6O3. The van der Waals surface area contributed by atoms with E-state index in [0.29, 0.717) is 33.8 Å². The van der Waals surface area contributed by atoms with Crippen LogP contribution in [-0.2, 0) is 0 Å². The fraction of sp³-hybridized carbons (Fsp3) is 0. The fourth-order valence-corrected chi connectivity index (χ4v) is 5.43. The summed E-state index contributed by atoms with van der Waals surface area (Å²) < 4.78 is 0. The minimum Gasteiger partial charge on any atom is -0.322 e. The molecule has 4 aromatic carbocycles. The number of pyridine rings is 3. The van der Waals surface area contributed by atoms with Crippen molar-refractivity contribution in [2.45, 2.75) is 0 Å². The Bertz CT molecular complexity index is 2020. The summed E-state index contributed by atoms with van der Waals surface area (Å²) in [4.78, 5) is 53.2. The smallest absolute Gasteiger partial charge is 0.255 e. The molecule has 9 heteroatoms. The Balaban J connectivity index is 1.12. The molecule has 246 valence electrons. The van der Waals surface area contributed by atoms with E-state index in [1.54, 1.807) is 73.2 Å². The highest BCUT2D eigenvalue weighted by atomic mass is 16.2. The number of hydrogen-bond donors (Lipinski definition) is 3. The highest BCUT2D eigenvalue weighted by Crippen LogP contribution is 2.26. The van der Waals surface area contributed by atoms with Crippen molar-refractivity contribution in [2.24, 2.45) is 0 Å². The third-order valence-corrected chi connectivity index (χ3v) is 8.03. The fourth-order valence-electron chi connectivity index (χ4n) is 5.43. The molecule has 7 aromatic rings. The van der Waals surface area contributed by atoms with E-state index in [0.717, 1.165) is 33.8 Å². The van der Waals surface area contributed by atoms with Gasteiger partial charge in [-0.05, 0) is 91.0 Å². The number of anilines is 3. The number of carbonyl (C=O) groups excluding carboxylic acids is 3. The van der Waals surface area contributed by atoms with E-state index in [1.165, 1.54) is 0 Å². The van der Waals surface area contributed by atoms with Crippen molar-refractivity contribution < 1.29 is 14.4 Å². The summed E-state index contributed by atoms with van der Waals surface area (Å²) in [5.74, 6) is -1.09. The van der Waals surface area contributed by atoms with E-state index >= 15 is 0 Å². The summed E-state index contributed by atoms with van der Waals surface area (Å²) in [6, 6.07) is 43.1. The molecule has 3 N–H and O–H groups in total. The quantitative estimate of drug-likeness (QED) is 0.142. The second-order valence-electron chi connectivity index (χ2n) is 11.5. The minimum absolute atomic E-state index is 0.362. The maximum atomic E-state index is 13.4. The first kappa shape index (κ1) is 32.3. The van der Waals surface area contributed by atoms with Gasteiger partial charge < -0.3 is 16.0 Å². The second kappa shape index (κ2) is 14.9. The van der Waals surface area contributed by atoms with Gasteiger partial charge in [-0.2, -0.15) is 0 Å². The van der Waals surface area contributed by atoms with Crippen molar-refractivity contribution in [1.82, 2.24) is 15.0 Å². The van der Waals surface area contributed by atoms with Gasteiger partial charge in [-0.15, -0.1) is 0 Å². The summed E-state index contributed by atoms with van der Waals surface area (Å²) >= 11 is 0.